The first kappa shape index (κ1) is 24.0. The lowest BCUT2D eigenvalue weighted by atomic mass is 10.1. The SMILES string of the molecule is Cc1cccc(Cl)c1C(=O)n1nc(-c2ccc(C(=O)O)cc2F)c2ncc(CC(=O)N(C)C)cc21. The third kappa shape index (κ3) is 4.50. The zero-order valence-electron chi connectivity index (χ0n) is 19.0. The minimum absolute atomic E-state index is 0.0213. The molecule has 0 spiro atoms. The average molecular weight is 495 g/mol. The number of carbonyl (C=O) groups is 3. The number of benzene rings is 2. The van der Waals surface area contributed by atoms with E-state index >= 15 is 0 Å². The highest BCUT2D eigenvalue weighted by Crippen LogP contribution is 2.31. The van der Waals surface area contributed by atoms with E-state index in [1.807, 2.05) is 0 Å². The molecule has 0 fully saturated rings. The Hall–Kier alpha value is -4.11. The fourth-order valence-corrected chi connectivity index (χ4v) is 3.96. The number of carbonyl (C=O) groups excluding carboxylic acids is 2. The largest absolute Gasteiger partial charge is 0.478 e. The van der Waals surface area contributed by atoms with Gasteiger partial charge in [-0.3, -0.25) is 14.6 Å². The number of likely N-dealkylation sites (N-methyl/N-ethyl adjacent to an activating group) is 1. The molecule has 178 valence electrons. The highest BCUT2D eigenvalue weighted by molar-refractivity contribution is 6.34. The Labute approximate surface area is 204 Å². The van der Waals surface area contributed by atoms with Crippen LogP contribution in [-0.2, 0) is 11.2 Å². The van der Waals surface area contributed by atoms with Crippen LogP contribution in [0.3, 0.4) is 0 Å². The molecule has 8 nitrogen and oxygen atoms in total. The summed E-state index contributed by atoms with van der Waals surface area (Å²) in [6.07, 6.45) is 1.51. The van der Waals surface area contributed by atoms with Crippen LogP contribution in [0.15, 0.2) is 48.7 Å². The number of halogens is 2. The number of pyridine rings is 1. The molecule has 4 aromatic rings. The second-order valence-electron chi connectivity index (χ2n) is 8.17. The molecule has 0 unspecified atom stereocenters. The predicted molar refractivity (Wildman–Crippen MR) is 128 cm³/mol. The molecule has 2 heterocycles. The summed E-state index contributed by atoms with van der Waals surface area (Å²) >= 11 is 6.31. The topological polar surface area (TPSA) is 105 Å². The number of amides is 1. The minimum atomic E-state index is -1.27. The minimum Gasteiger partial charge on any atom is -0.478 e. The molecule has 0 aliphatic rings. The Bertz CT molecular complexity index is 1490. The predicted octanol–water partition coefficient (Wildman–Crippen LogP) is 4.22. The average Bonchev–Trinajstić information content (AvgIpc) is 3.17. The van der Waals surface area contributed by atoms with Crippen molar-refractivity contribution in [2.75, 3.05) is 14.1 Å². The Morgan fingerprint density at radius 2 is 1.89 bits per heavy atom. The van der Waals surface area contributed by atoms with Crippen molar-refractivity contribution >= 4 is 40.4 Å². The third-order valence-electron chi connectivity index (χ3n) is 5.53. The van der Waals surface area contributed by atoms with Gasteiger partial charge in [0, 0.05) is 25.9 Å². The second-order valence-corrected chi connectivity index (χ2v) is 8.58. The van der Waals surface area contributed by atoms with E-state index in [1.54, 1.807) is 45.3 Å². The van der Waals surface area contributed by atoms with E-state index in [0.29, 0.717) is 11.1 Å². The number of aromatic carboxylic acids is 1. The zero-order chi connectivity index (χ0) is 25.4. The molecular formula is C25H20ClFN4O4. The summed E-state index contributed by atoms with van der Waals surface area (Å²) < 4.78 is 16.0. The molecule has 2 aromatic heterocycles. The van der Waals surface area contributed by atoms with E-state index in [-0.39, 0.29) is 50.8 Å². The number of fused-ring (bicyclic) bond motifs is 1. The van der Waals surface area contributed by atoms with Crippen LogP contribution >= 0.6 is 11.6 Å². The number of aryl methyl sites for hydroxylation is 1. The molecular weight excluding hydrogens is 475 g/mol. The molecule has 10 heteroatoms. The van der Waals surface area contributed by atoms with E-state index in [4.69, 9.17) is 16.7 Å². The van der Waals surface area contributed by atoms with Gasteiger partial charge in [-0.05, 0) is 48.4 Å². The molecule has 4 rings (SSSR count). The molecule has 2 aromatic carbocycles. The van der Waals surface area contributed by atoms with Gasteiger partial charge < -0.3 is 10.0 Å². The maximum Gasteiger partial charge on any atom is 0.335 e. The molecule has 0 radical (unpaired) electrons. The number of carboxylic acid groups (broad SMARTS) is 1. The Morgan fingerprint density at radius 3 is 2.51 bits per heavy atom. The first-order chi connectivity index (χ1) is 16.6. The maximum absolute atomic E-state index is 14.9. The summed E-state index contributed by atoms with van der Waals surface area (Å²) in [4.78, 5) is 42.8. The van der Waals surface area contributed by atoms with Crippen molar-refractivity contribution in [2.24, 2.45) is 0 Å². The van der Waals surface area contributed by atoms with Gasteiger partial charge in [-0.15, -0.1) is 0 Å². The summed E-state index contributed by atoms with van der Waals surface area (Å²) in [5.41, 5.74) is 1.66. The quantitative estimate of drug-likeness (QED) is 0.445. The molecule has 0 saturated carbocycles. The summed E-state index contributed by atoms with van der Waals surface area (Å²) in [6.45, 7) is 1.73. The van der Waals surface area contributed by atoms with Crippen LogP contribution in [0.2, 0.25) is 5.02 Å². The van der Waals surface area contributed by atoms with Crippen molar-refractivity contribution in [3.63, 3.8) is 0 Å². The number of rotatable bonds is 5. The molecule has 1 N–H and O–H groups in total. The molecule has 0 aliphatic heterocycles. The Kier molecular flexibility index (Phi) is 6.36. The number of carboxylic acids is 1. The Morgan fingerprint density at radius 1 is 1.14 bits per heavy atom. The summed E-state index contributed by atoms with van der Waals surface area (Å²) in [7, 11) is 3.26. The number of hydrogen-bond donors (Lipinski definition) is 1. The molecule has 0 saturated heterocycles. The zero-order valence-corrected chi connectivity index (χ0v) is 19.8. The van der Waals surface area contributed by atoms with E-state index in [9.17, 15) is 18.8 Å². The first-order valence-corrected chi connectivity index (χ1v) is 10.9. The van der Waals surface area contributed by atoms with Gasteiger partial charge in [-0.25, -0.2) is 9.18 Å². The molecule has 35 heavy (non-hydrogen) atoms. The van der Waals surface area contributed by atoms with Gasteiger partial charge in [0.1, 0.15) is 17.0 Å². The standard InChI is InChI=1S/C25H20ClFN4O4/c1-13-5-4-6-17(26)21(13)24(33)31-19-9-14(10-20(32)30(2)3)12-28-23(19)22(29-31)16-8-7-15(25(34)35)11-18(16)27/h4-9,11-12H,10H2,1-3H3,(H,34,35). The summed E-state index contributed by atoms with van der Waals surface area (Å²) in [5.74, 6) is -2.82. The van der Waals surface area contributed by atoms with Gasteiger partial charge in [-0.1, -0.05) is 23.7 Å². The van der Waals surface area contributed by atoms with E-state index in [2.05, 4.69) is 10.1 Å². The van der Waals surface area contributed by atoms with Crippen LogP contribution < -0.4 is 0 Å². The van der Waals surface area contributed by atoms with Gasteiger partial charge in [-0.2, -0.15) is 9.78 Å². The highest BCUT2D eigenvalue weighted by atomic mass is 35.5. The Balaban J connectivity index is 1.95. The van der Waals surface area contributed by atoms with Crippen molar-refractivity contribution in [1.29, 1.82) is 0 Å². The van der Waals surface area contributed by atoms with Crippen LogP contribution in [0.5, 0.6) is 0 Å². The fraction of sp³-hybridized carbons (Fsp3) is 0.160. The third-order valence-corrected chi connectivity index (χ3v) is 5.85. The van der Waals surface area contributed by atoms with E-state index < -0.39 is 17.7 Å². The molecule has 1 amide bonds. The van der Waals surface area contributed by atoms with Crippen molar-refractivity contribution in [3.05, 3.63) is 81.8 Å². The monoisotopic (exact) mass is 494 g/mol. The van der Waals surface area contributed by atoms with Gasteiger partial charge in [0.15, 0.2) is 0 Å². The first-order valence-electron chi connectivity index (χ1n) is 10.5. The molecule has 0 aliphatic carbocycles. The van der Waals surface area contributed by atoms with Crippen molar-refractivity contribution in [3.8, 4) is 11.3 Å². The van der Waals surface area contributed by atoms with Crippen molar-refractivity contribution in [2.45, 2.75) is 13.3 Å². The van der Waals surface area contributed by atoms with Crippen LogP contribution in [0.1, 0.15) is 31.8 Å². The van der Waals surface area contributed by atoms with Crippen LogP contribution in [0, 0.1) is 12.7 Å². The summed E-state index contributed by atoms with van der Waals surface area (Å²) in [5, 5.41) is 13.8. The highest BCUT2D eigenvalue weighted by Gasteiger charge is 2.24. The van der Waals surface area contributed by atoms with Gasteiger partial charge in [0.2, 0.25) is 5.91 Å². The summed E-state index contributed by atoms with van der Waals surface area (Å²) in [6, 6.07) is 10.0. The number of nitrogens with zero attached hydrogens (tertiary/aromatic N) is 4. The lowest BCUT2D eigenvalue weighted by Gasteiger charge is -2.10. The number of hydrogen-bond acceptors (Lipinski definition) is 5. The fourth-order valence-electron chi connectivity index (χ4n) is 3.65. The lowest BCUT2D eigenvalue weighted by Crippen LogP contribution is -2.23. The van der Waals surface area contributed by atoms with Crippen LogP contribution in [0.4, 0.5) is 4.39 Å². The second kappa shape index (κ2) is 9.27. The van der Waals surface area contributed by atoms with Crippen molar-refractivity contribution in [1.82, 2.24) is 19.7 Å². The number of aromatic nitrogens is 3. The van der Waals surface area contributed by atoms with E-state index in [0.717, 1.165) is 10.7 Å². The van der Waals surface area contributed by atoms with Crippen LogP contribution in [-0.4, -0.2) is 56.6 Å². The van der Waals surface area contributed by atoms with Gasteiger partial charge in [0.05, 0.1) is 28.1 Å². The smallest absolute Gasteiger partial charge is 0.335 e. The van der Waals surface area contributed by atoms with Gasteiger partial charge >= 0.3 is 5.97 Å². The molecule has 0 atom stereocenters. The lowest BCUT2D eigenvalue weighted by molar-refractivity contribution is -0.127. The van der Waals surface area contributed by atoms with Crippen molar-refractivity contribution < 1.29 is 23.9 Å². The molecule has 0 bridgehead atoms. The van der Waals surface area contributed by atoms with E-state index in [1.165, 1.54) is 23.2 Å². The van der Waals surface area contributed by atoms with Crippen LogP contribution in [0.25, 0.3) is 22.3 Å². The normalized spacial score (nSPS) is 11.0. The van der Waals surface area contributed by atoms with Gasteiger partial charge in [0.25, 0.3) is 5.91 Å². The maximum atomic E-state index is 14.9.